The van der Waals surface area contributed by atoms with Gasteiger partial charge < -0.3 is 0 Å². The summed E-state index contributed by atoms with van der Waals surface area (Å²) in [5.74, 6) is 5.59. The number of thiophene rings is 2. The smallest absolute Gasteiger partial charge is 0.293 e. The van der Waals surface area contributed by atoms with Crippen LogP contribution in [0.4, 0.5) is 13.2 Å². The summed E-state index contributed by atoms with van der Waals surface area (Å²) >= 11 is 2.21. The van der Waals surface area contributed by atoms with E-state index in [2.05, 4.69) is 11.8 Å². The third-order valence-electron chi connectivity index (χ3n) is 4.30. The zero-order valence-electron chi connectivity index (χ0n) is 14.9. The van der Waals surface area contributed by atoms with Gasteiger partial charge in [0.1, 0.15) is 0 Å². The second-order valence-corrected chi connectivity index (χ2v) is 8.39. The Hall–Kier alpha value is -2.88. The van der Waals surface area contributed by atoms with Gasteiger partial charge in [0, 0.05) is 11.8 Å². The van der Waals surface area contributed by atoms with Crippen LogP contribution in [0.5, 0.6) is 0 Å². The van der Waals surface area contributed by atoms with Crippen LogP contribution in [-0.4, -0.2) is 5.78 Å². The van der Waals surface area contributed by atoms with Gasteiger partial charge in [0.25, 0.3) is 0 Å². The van der Waals surface area contributed by atoms with E-state index in [1.807, 2.05) is 42.5 Å². The topological polar surface area (TPSA) is 17.1 Å². The number of fused-ring (bicyclic) bond motifs is 1. The molecular weight excluding hydrogens is 413 g/mol. The summed E-state index contributed by atoms with van der Waals surface area (Å²) in [5, 5.41) is 3.26. The first kappa shape index (κ1) is 19.4. The molecule has 2 heterocycles. The molecule has 0 atom stereocenters. The molecule has 144 valence electrons. The molecule has 0 unspecified atom stereocenters. The van der Waals surface area contributed by atoms with Gasteiger partial charge in [-0.15, -0.1) is 22.7 Å². The van der Waals surface area contributed by atoms with Crippen molar-refractivity contribution < 1.29 is 18.0 Å². The van der Waals surface area contributed by atoms with Crippen molar-refractivity contribution in [3.05, 3.63) is 91.8 Å². The summed E-state index contributed by atoms with van der Waals surface area (Å²) in [6.07, 6.45) is -4.07. The molecule has 0 aliphatic carbocycles. The Bertz CT molecular complexity index is 1250. The molecular formula is C23H13F3OS2. The van der Waals surface area contributed by atoms with E-state index in [1.54, 1.807) is 12.1 Å². The highest BCUT2D eigenvalue weighted by Gasteiger charge is 2.31. The number of hydrogen-bond acceptors (Lipinski definition) is 3. The van der Waals surface area contributed by atoms with E-state index in [-0.39, 0.29) is 12.2 Å². The van der Waals surface area contributed by atoms with Gasteiger partial charge >= 0.3 is 6.18 Å². The van der Waals surface area contributed by atoms with Crippen LogP contribution in [0.25, 0.3) is 10.8 Å². The summed E-state index contributed by atoms with van der Waals surface area (Å²) in [6.45, 7) is 0. The van der Waals surface area contributed by atoms with Gasteiger partial charge in [0.15, 0.2) is 5.78 Å². The first-order valence-electron chi connectivity index (χ1n) is 8.67. The maximum absolute atomic E-state index is 12.6. The summed E-state index contributed by atoms with van der Waals surface area (Å²) in [4.78, 5) is 14.2. The number of benzene rings is 2. The lowest BCUT2D eigenvalue weighted by Crippen LogP contribution is -2.01. The summed E-state index contributed by atoms with van der Waals surface area (Å²) < 4.78 is 37.9. The summed E-state index contributed by atoms with van der Waals surface area (Å²) in [6, 6.07) is 18.4. The first-order valence-corrected chi connectivity index (χ1v) is 10.4. The Balaban J connectivity index is 1.47. The second-order valence-electron chi connectivity index (χ2n) is 6.39. The molecule has 0 saturated heterocycles. The average Bonchev–Trinajstić information content (AvgIpc) is 3.35. The minimum atomic E-state index is -4.36. The highest BCUT2D eigenvalue weighted by Crippen LogP contribution is 2.32. The fourth-order valence-electron chi connectivity index (χ4n) is 2.85. The number of carbonyl (C=O) groups excluding carboxylic acids is 1. The van der Waals surface area contributed by atoms with Crippen LogP contribution < -0.4 is 0 Å². The molecule has 0 aliphatic rings. The Morgan fingerprint density at radius 2 is 1.66 bits per heavy atom. The van der Waals surface area contributed by atoms with Crippen LogP contribution in [0.1, 0.15) is 30.6 Å². The number of Topliss-reactive ketones (excluding diaryl/α,β-unsaturated/α-hetero) is 1. The van der Waals surface area contributed by atoms with Crippen molar-refractivity contribution in [3.8, 4) is 11.8 Å². The molecule has 2 aromatic carbocycles. The van der Waals surface area contributed by atoms with Crippen molar-refractivity contribution >= 4 is 39.2 Å². The maximum Gasteiger partial charge on any atom is 0.417 e. The fourth-order valence-corrected chi connectivity index (χ4v) is 4.41. The van der Waals surface area contributed by atoms with Gasteiger partial charge in [-0.3, -0.25) is 4.79 Å². The third-order valence-corrected chi connectivity index (χ3v) is 6.18. The number of carbonyl (C=O) groups is 1. The fraction of sp³-hybridized carbons (Fsp3) is 0.0870. The molecule has 4 aromatic rings. The van der Waals surface area contributed by atoms with Crippen LogP contribution in [-0.2, 0) is 12.6 Å². The lowest BCUT2D eigenvalue weighted by Gasteiger charge is -2.02. The molecule has 4 rings (SSSR count). The van der Waals surface area contributed by atoms with Crippen molar-refractivity contribution in [2.45, 2.75) is 12.6 Å². The second kappa shape index (κ2) is 7.86. The summed E-state index contributed by atoms with van der Waals surface area (Å²) in [7, 11) is 0. The SMILES string of the molecule is O=C(Cc1ccc2ccccc2c1)c1ccc(C#Cc2cc(C(F)(F)F)cs2)s1. The predicted octanol–water partition coefficient (Wildman–Crippen LogP) is 6.81. The van der Waals surface area contributed by atoms with Gasteiger partial charge in [-0.05, 0) is 46.4 Å². The van der Waals surface area contributed by atoms with Crippen molar-refractivity contribution in [2.75, 3.05) is 0 Å². The monoisotopic (exact) mass is 426 g/mol. The molecule has 0 N–H and O–H groups in total. The number of alkyl halides is 3. The number of rotatable bonds is 3. The Kier molecular flexibility index (Phi) is 5.27. The highest BCUT2D eigenvalue weighted by molar-refractivity contribution is 7.14. The largest absolute Gasteiger partial charge is 0.417 e. The molecule has 0 aliphatic heterocycles. The van der Waals surface area contributed by atoms with E-state index >= 15 is 0 Å². The molecule has 0 radical (unpaired) electrons. The van der Waals surface area contributed by atoms with Crippen molar-refractivity contribution in [3.63, 3.8) is 0 Å². The van der Waals surface area contributed by atoms with Crippen LogP contribution in [0.15, 0.2) is 66.0 Å². The van der Waals surface area contributed by atoms with E-state index in [0.717, 1.165) is 39.1 Å². The molecule has 2 aromatic heterocycles. The Morgan fingerprint density at radius 3 is 2.41 bits per heavy atom. The maximum atomic E-state index is 12.6. The van der Waals surface area contributed by atoms with E-state index in [1.165, 1.54) is 11.3 Å². The van der Waals surface area contributed by atoms with E-state index in [0.29, 0.717) is 14.6 Å². The molecule has 29 heavy (non-hydrogen) atoms. The van der Waals surface area contributed by atoms with Gasteiger partial charge in [-0.1, -0.05) is 42.5 Å². The molecule has 1 nitrogen and oxygen atoms in total. The zero-order valence-corrected chi connectivity index (χ0v) is 16.5. The lowest BCUT2D eigenvalue weighted by molar-refractivity contribution is -0.137. The molecule has 0 spiro atoms. The minimum absolute atomic E-state index is 0.00573. The van der Waals surface area contributed by atoms with E-state index in [9.17, 15) is 18.0 Å². The van der Waals surface area contributed by atoms with Gasteiger partial charge in [0.2, 0.25) is 0 Å². The molecule has 6 heteroatoms. The molecule has 0 amide bonds. The predicted molar refractivity (Wildman–Crippen MR) is 112 cm³/mol. The molecule has 0 fully saturated rings. The van der Waals surface area contributed by atoms with Crippen molar-refractivity contribution in [2.24, 2.45) is 0 Å². The number of ketones is 1. The van der Waals surface area contributed by atoms with E-state index in [4.69, 9.17) is 0 Å². The van der Waals surface area contributed by atoms with Crippen LogP contribution in [0, 0.1) is 11.8 Å². The Labute approximate surface area is 173 Å². The van der Waals surface area contributed by atoms with Crippen LogP contribution in [0.3, 0.4) is 0 Å². The van der Waals surface area contributed by atoms with Gasteiger partial charge in [-0.2, -0.15) is 13.2 Å². The van der Waals surface area contributed by atoms with Gasteiger partial charge in [0.05, 0.1) is 20.2 Å². The Morgan fingerprint density at radius 1 is 0.897 bits per heavy atom. The number of hydrogen-bond donors (Lipinski definition) is 0. The summed E-state index contributed by atoms with van der Waals surface area (Å²) in [5.41, 5.74) is 0.247. The molecule has 0 saturated carbocycles. The van der Waals surface area contributed by atoms with Crippen molar-refractivity contribution in [1.29, 1.82) is 0 Å². The number of halogens is 3. The first-order chi connectivity index (χ1) is 13.9. The minimum Gasteiger partial charge on any atom is -0.293 e. The van der Waals surface area contributed by atoms with Crippen LogP contribution >= 0.6 is 22.7 Å². The average molecular weight is 426 g/mol. The molecule has 0 bridgehead atoms. The lowest BCUT2D eigenvalue weighted by atomic mass is 10.0. The zero-order chi connectivity index (χ0) is 20.4. The standard InChI is InChI=1S/C23H13F3OS2/c24-23(25,26)18-13-20(28-14-18)8-7-19-9-10-22(29-19)21(27)12-15-5-6-16-3-1-2-4-17(16)11-15/h1-6,9-11,13-14H,12H2. The van der Waals surface area contributed by atoms with E-state index < -0.39 is 11.7 Å². The van der Waals surface area contributed by atoms with Crippen molar-refractivity contribution in [1.82, 2.24) is 0 Å². The highest BCUT2D eigenvalue weighted by atomic mass is 32.1. The quantitative estimate of drug-likeness (QED) is 0.260. The normalized spacial score (nSPS) is 11.3. The third kappa shape index (κ3) is 4.58. The van der Waals surface area contributed by atoms with Crippen LogP contribution in [0.2, 0.25) is 0 Å². The van der Waals surface area contributed by atoms with Gasteiger partial charge in [-0.25, -0.2) is 0 Å².